The zero-order valence-electron chi connectivity index (χ0n) is 26.3. The molecule has 2 aliphatic heterocycles. The van der Waals surface area contributed by atoms with Crippen molar-refractivity contribution in [1.82, 2.24) is 24.3 Å². The smallest absolute Gasteiger partial charge is 0.410 e. The van der Waals surface area contributed by atoms with Crippen molar-refractivity contribution < 1.29 is 18.7 Å². The first-order chi connectivity index (χ1) is 20.2. The van der Waals surface area contributed by atoms with Crippen molar-refractivity contribution in [3.63, 3.8) is 0 Å². The Morgan fingerprint density at radius 3 is 2.47 bits per heavy atom. The van der Waals surface area contributed by atoms with Crippen LogP contribution in [0, 0.1) is 12.7 Å². The molecule has 3 aromatic rings. The summed E-state index contributed by atoms with van der Waals surface area (Å²) in [6, 6.07) is 8.27. The number of fused-ring (bicyclic) bond motifs is 1. The average molecular weight is 591 g/mol. The van der Waals surface area contributed by atoms with Gasteiger partial charge in [-0.2, -0.15) is 0 Å². The van der Waals surface area contributed by atoms with Crippen LogP contribution in [0.5, 0.6) is 0 Å². The largest absolute Gasteiger partial charge is 0.444 e. The molecule has 2 amide bonds. The number of amides is 2. The molecule has 1 aromatic carbocycles. The lowest BCUT2D eigenvalue weighted by molar-refractivity contribution is -0.121. The molecule has 4 heterocycles. The number of hydrogen-bond acceptors (Lipinski definition) is 6. The van der Waals surface area contributed by atoms with Gasteiger partial charge in [0.15, 0.2) is 0 Å². The van der Waals surface area contributed by atoms with Gasteiger partial charge in [0.05, 0.1) is 29.9 Å². The van der Waals surface area contributed by atoms with Gasteiger partial charge in [-0.3, -0.25) is 14.7 Å². The molecule has 2 aliphatic rings. The van der Waals surface area contributed by atoms with Gasteiger partial charge in [-0.05, 0) is 70.4 Å². The minimum Gasteiger partial charge on any atom is -0.444 e. The number of halogens is 1. The highest BCUT2D eigenvalue weighted by Gasteiger charge is 2.42. The molecule has 0 N–H and O–H groups in total. The number of carbonyl (C=O) groups excluding carboxylic acids is 2. The molecule has 230 valence electrons. The number of carbonyl (C=O) groups is 2. The minimum atomic E-state index is -0.597. The number of pyridine rings is 1. The van der Waals surface area contributed by atoms with Crippen molar-refractivity contribution in [3.8, 4) is 0 Å². The van der Waals surface area contributed by atoms with E-state index in [0.717, 1.165) is 28.2 Å². The Hall–Kier alpha value is -3.79. The number of nitrogens with zero attached hydrogens (tertiary/aromatic N) is 6. The van der Waals surface area contributed by atoms with Gasteiger partial charge in [0, 0.05) is 56.1 Å². The van der Waals surface area contributed by atoms with E-state index in [-0.39, 0.29) is 41.9 Å². The number of anilines is 1. The van der Waals surface area contributed by atoms with Crippen molar-refractivity contribution >= 4 is 17.7 Å². The highest BCUT2D eigenvalue weighted by atomic mass is 19.1. The summed E-state index contributed by atoms with van der Waals surface area (Å²) in [4.78, 5) is 42.2. The Bertz CT molecular complexity index is 1480. The van der Waals surface area contributed by atoms with E-state index in [1.807, 2.05) is 62.5 Å². The molecule has 0 unspecified atom stereocenters. The van der Waals surface area contributed by atoms with Crippen LogP contribution in [-0.2, 0) is 27.9 Å². The number of hydrogen-bond donors (Lipinski definition) is 0. The second-order valence-corrected chi connectivity index (χ2v) is 13.7. The molecule has 9 nitrogen and oxygen atoms in total. The first kappa shape index (κ1) is 30.7. The first-order valence-electron chi connectivity index (χ1n) is 14.9. The van der Waals surface area contributed by atoms with Gasteiger partial charge < -0.3 is 19.1 Å². The molecule has 10 heteroatoms. The van der Waals surface area contributed by atoms with Crippen LogP contribution >= 0.6 is 0 Å². The molecule has 0 aliphatic carbocycles. The number of aryl methyl sites for hydroxylation is 1. The van der Waals surface area contributed by atoms with Crippen LogP contribution in [0.3, 0.4) is 0 Å². The number of aromatic nitrogens is 3. The third-order valence-electron chi connectivity index (χ3n) is 8.14. The zero-order valence-corrected chi connectivity index (χ0v) is 26.3. The van der Waals surface area contributed by atoms with Crippen LogP contribution in [0.4, 0.5) is 14.9 Å². The highest BCUT2D eigenvalue weighted by molar-refractivity contribution is 5.97. The number of rotatable bonds is 6. The van der Waals surface area contributed by atoms with Gasteiger partial charge in [0.2, 0.25) is 5.91 Å². The first-order valence-corrected chi connectivity index (χ1v) is 14.9. The molecule has 1 fully saturated rings. The van der Waals surface area contributed by atoms with Crippen molar-refractivity contribution in [2.24, 2.45) is 0 Å². The van der Waals surface area contributed by atoms with Crippen LogP contribution in [0.2, 0.25) is 0 Å². The normalized spacial score (nSPS) is 20.3. The van der Waals surface area contributed by atoms with Crippen molar-refractivity contribution in [1.29, 1.82) is 0 Å². The summed E-state index contributed by atoms with van der Waals surface area (Å²) >= 11 is 0. The van der Waals surface area contributed by atoms with E-state index in [9.17, 15) is 14.0 Å². The van der Waals surface area contributed by atoms with Gasteiger partial charge in [0.1, 0.15) is 11.4 Å². The van der Waals surface area contributed by atoms with Crippen LogP contribution in [0.25, 0.3) is 0 Å². The average Bonchev–Trinajstić information content (AvgIpc) is 3.44. The molecule has 0 radical (unpaired) electrons. The van der Waals surface area contributed by atoms with Crippen LogP contribution < -0.4 is 4.90 Å². The van der Waals surface area contributed by atoms with Gasteiger partial charge in [0.25, 0.3) is 0 Å². The van der Waals surface area contributed by atoms with E-state index in [0.29, 0.717) is 32.6 Å². The second kappa shape index (κ2) is 11.7. The molecular formula is C33H43FN6O3. The molecule has 0 spiro atoms. The van der Waals surface area contributed by atoms with E-state index in [1.165, 1.54) is 12.1 Å². The Kier molecular flexibility index (Phi) is 8.35. The molecule has 0 saturated carbocycles. The summed E-state index contributed by atoms with van der Waals surface area (Å²) in [5.74, 6) is -0.269. The Labute approximate surface area is 253 Å². The monoisotopic (exact) mass is 590 g/mol. The molecular weight excluding hydrogens is 547 g/mol. The van der Waals surface area contributed by atoms with Gasteiger partial charge in [-0.25, -0.2) is 14.2 Å². The highest BCUT2D eigenvalue weighted by Crippen LogP contribution is 2.40. The van der Waals surface area contributed by atoms with Crippen molar-refractivity contribution in [2.75, 3.05) is 31.1 Å². The lowest BCUT2D eigenvalue weighted by Crippen LogP contribution is -2.62. The van der Waals surface area contributed by atoms with Crippen LogP contribution in [0.15, 0.2) is 49.1 Å². The van der Waals surface area contributed by atoms with Crippen molar-refractivity contribution in [2.45, 2.75) is 84.5 Å². The number of benzene rings is 1. The Morgan fingerprint density at radius 2 is 1.81 bits per heavy atom. The molecule has 43 heavy (non-hydrogen) atoms. The standard InChI is InChI=1S/C33H43FN6O3/c1-22-15-37(21-36-22)17-27-18-39(31(42)43-32(3,4)5)23(2)16-38(27)19-29(41)40-20-33(6,7)30-28(40)13-25(14-35-30)12-24-8-10-26(34)11-9-24/h8-11,13-15,21,23,27H,12,16-20H2,1-7H3/t23-,27+/m1/s1. The number of piperazine rings is 1. The fourth-order valence-corrected chi connectivity index (χ4v) is 6.06. The SMILES string of the molecule is Cc1cn(C[C@H]2CN(C(=O)OC(C)(C)C)[C@H](C)CN2CC(=O)N2CC(C)(C)c3ncc(Cc4ccc(F)cc4)cc32)cn1. The Balaban J connectivity index is 1.37. The maximum Gasteiger partial charge on any atom is 0.410 e. The zero-order chi connectivity index (χ0) is 31.1. The molecule has 2 aromatic heterocycles. The van der Waals surface area contributed by atoms with Crippen molar-refractivity contribution in [3.05, 3.63) is 77.4 Å². The van der Waals surface area contributed by atoms with Gasteiger partial charge >= 0.3 is 6.09 Å². The maximum atomic E-state index is 14.1. The quantitative estimate of drug-likeness (QED) is 0.404. The summed E-state index contributed by atoms with van der Waals surface area (Å²) in [6.07, 6.45) is 5.88. The predicted octanol–water partition coefficient (Wildman–Crippen LogP) is 4.95. The van der Waals surface area contributed by atoms with E-state index in [4.69, 9.17) is 9.72 Å². The van der Waals surface area contributed by atoms with E-state index in [2.05, 4.69) is 23.7 Å². The minimum absolute atomic E-state index is 0.00251. The predicted molar refractivity (Wildman–Crippen MR) is 164 cm³/mol. The fourth-order valence-electron chi connectivity index (χ4n) is 6.06. The number of ether oxygens (including phenoxy) is 1. The van der Waals surface area contributed by atoms with Crippen LogP contribution in [-0.4, -0.2) is 80.2 Å². The summed E-state index contributed by atoms with van der Waals surface area (Å²) in [7, 11) is 0. The third kappa shape index (κ3) is 7.06. The molecule has 2 atom stereocenters. The summed E-state index contributed by atoms with van der Waals surface area (Å²) in [6.45, 7) is 16.1. The van der Waals surface area contributed by atoms with E-state index in [1.54, 1.807) is 23.4 Å². The van der Waals surface area contributed by atoms with E-state index >= 15 is 0 Å². The molecule has 0 bridgehead atoms. The van der Waals surface area contributed by atoms with Gasteiger partial charge in [-0.1, -0.05) is 26.0 Å². The third-order valence-corrected chi connectivity index (χ3v) is 8.14. The second-order valence-electron chi connectivity index (χ2n) is 13.7. The summed E-state index contributed by atoms with van der Waals surface area (Å²) < 4.78 is 21.2. The molecule has 1 saturated heterocycles. The van der Waals surface area contributed by atoms with E-state index < -0.39 is 5.60 Å². The summed E-state index contributed by atoms with van der Waals surface area (Å²) in [5, 5.41) is 0. The van der Waals surface area contributed by atoms with Crippen LogP contribution in [0.1, 0.15) is 64.1 Å². The number of imidazole rings is 1. The topological polar surface area (TPSA) is 83.8 Å². The van der Waals surface area contributed by atoms with Gasteiger partial charge in [-0.15, -0.1) is 0 Å². The lowest BCUT2D eigenvalue weighted by atomic mass is 9.91. The fraction of sp³-hybridized carbons (Fsp3) is 0.515. The maximum absolute atomic E-state index is 14.1. The summed E-state index contributed by atoms with van der Waals surface area (Å²) in [5.41, 5.74) is 3.70. The molecule has 5 rings (SSSR count). The lowest BCUT2D eigenvalue weighted by Gasteiger charge is -2.45. The Morgan fingerprint density at radius 1 is 1.09 bits per heavy atom.